The van der Waals surface area contributed by atoms with Crippen molar-refractivity contribution in [1.82, 2.24) is 5.32 Å². The lowest BCUT2D eigenvalue weighted by Crippen LogP contribution is -2.16. The Balaban J connectivity index is 2.84. The molecule has 1 atom stereocenters. The van der Waals surface area contributed by atoms with E-state index in [0.29, 0.717) is 6.54 Å². The van der Waals surface area contributed by atoms with Crippen molar-refractivity contribution in [3.63, 3.8) is 0 Å². The summed E-state index contributed by atoms with van der Waals surface area (Å²) in [6.07, 6.45) is -0.399. The van der Waals surface area contributed by atoms with Crippen LogP contribution in [0.1, 0.15) is 22.8 Å². The molecule has 0 aromatic heterocycles. The molecule has 0 bridgehead atoms. The number of aliphatic hydroxyl groups is 1. The van der Waals surface area contributed by atoms with Gasteiger partial charge in [-0.05, 0) is 37.6 Å². The number of hydrogen-bond donors (Lipinski definition) is 2. The van der Waals surface area contributed by atoms with E-state index in [-0.39, 0.29) is 0 Å². The van der Waals surface area contributed by atoms with Crippen molar-refractivity contribution in [3.05, 3.63) is 34.9 Å². The first-order valence-corrected chi connectivity index (χ1v) is 4.55. The van der Waals surface area contributed by atoms with Gasteiger partial charge in [0.05, 0.1) is 6.10 Å². The summed E-state index contributed by atoms with van der Waals surface area (Å²) in [5.74, 6) is 0. The third-order valence-electron chi connectivity index (χ3n) is 2.31. The third-order valence-corrected chi connectivity index (χ3v) is 2.31. The van der Waals surface area contributed by atoms with E-state index in [4.69, 9.17) is 0 Å². The predicted octanol–water partition coefficient (Wildman–Crippen LogP) is 1.56. The molecule has 0 heterocycles. The molecular formula is C11H17NO. The minimum Gasteiger partial charge on any atom is -0.387 e. The van der Waals surface area contributed by atoms with E-state index in [1.165, 1.54) is 11.1 Å². The summed E-state index contributed by atoms with van der Waals surface area (Å²) in [6.45, 7) is 4.73. The molecule has 0 fully saturated rings. The van der Waals surface area contributed by atoms with Crippen LogP contribution in [0.15, 0.2) is 18.2 Å². The molecule has 72 valence electrons. The zero-order valence-electron chi connectivity index (χ0n) is 8.46. The van der Waals surface area contributed by atoms with E-state index in [9.17, 15) is 5.11 Å². The highest BCUT2D eigenvalue weighted by molar-refractivity contribution is 5.31. The topological polar surface area (TPSA) is 32.3 Å². The first kappa shape index (κ1) is 10.2. The zero-order chi connectivity index (χ0) is 9.84. The summed E-state index contributed by atoms with van der Waals surface area (Å²) in [4.78, 5) is 0. The predicted molar refractivity (Wildman–Crippen MR) is 54.8 cm³/mol. The van der Waals surface area contributed by atoms with Crippen molar-refractivity contribution in [2.75, 3.05) is 13.6 Å². The lowest BCUT2D eigenvalue weighted by atomic mass is 10.0. The fourth-order valence-corrected chi connectivity index (χ4v) is 1.28. The highest BCUT2D eigenvalue weighted by Gasteiger charge is 2.06. The second kappa shape index (κ2) is 4.40. The Kier molecular flexibility index (Phi) is 3.46. The van der Waals surface area contributed by atoms with Crippen molar-refractivity contribution >= 4 is 0 Å². The Morgan fingerprint density at radius 1 is 1.31 bits per heavy atom. The lowest BCUT2D eigenvalue weighted by molar-refractivity contribution is 0.177. The molecule has 1 aromatic carbocycles. The van der Waals surface area contributed by atoms with Crippen molar-refractivity contribution in [3.8, 4) is 0 Å². The van der Waals surface area contributed by atoms with Gasteiger partial charge in [0.1, 0.15) is 0 Å². The van der Waals surface area contributed by atoms with E-state index < -0.39 is 6.10 Å². The maximum Gasteiger partial charge on any atom is 0.0914 e. The molecule has 0 aliphatic heterocycles. The summed E-state index contributed by atoms with van der Waals surface area (Å²) in [5.41, 5.74) is 3.48. The van der Waals surface area contributed by atoms with E-state index in [1.807, 2.05) is 25.2 Å². The molecule has 1 rings (SSSR count). The molecule has 2 heteroatoms. The van der Waals surface area contributed by atoms with Crippen LogP contribution in [0.2, 0.25) is 0 Å². The fourth-order valence-electron chi connectivity index (χ4n) is 1.28. The van der Waals surface area contributed by atoms with E-state index in [1.54, 1.807) is 0 Å². The van der Waals surface area contributed by atoms with Gasteiger partial charge in [-0.15, -0.1) is 0 Å². The first-order valence-electron chi connectivity index (χ1n) is 4.55. The maximum atomic E-state index is 9.67. The smallest absolute Gasteiger partial charge is 0.0914 e. The molecule has 0 saturated carbocycles. The minimum absolute atomic E-state index is 0.399. The van der Waals surface area contributed by atoms with Gasteiger partial charge >= 0.3 is 0 Å². The van der Waals surface area contributed by atoms with E-state index in [2.05, 4.69) is 19.2 Å². The molecular weight excluding hydrogens is 162 g/mol. The Morgan fingerprint density at radius 3 is 2.54 bits per heavy atom. The largest absolute Gasteiger partial charge is 0.387 e. The van der Waals surface area contributed by atoms with Crippen molar-refractivity contribution in [2.24, 2.45) is 0 Å². The van der Waals surface area contributed by atoms with Crippen LogP contribution < -0.4 is 5.32 Å². The van der Waals surface area contributed by atoms with Crippen LogP contribution >= 0.6 is 0 Å². The van der Waals surface area contributed by atoms with Crippen molar-refractivity contribution < 1.29 is 5.11 Å². The van der Waals surface area contributed by atoms with Crippen LogP contribution in [0, 0.1) is 13.8 Å². The van der Waals surface area contributed by atoms with Crippen LogP contribution in [0.5, 0.6) is 0 Å². The number of likely N-dealkylation sites (N-methyl/N-ethyl adjacent to an activating group) is 1. The SMILES string of the molecule is CNC[C@H](O)c1ccc(C)c(C)c1. The minimum atomic E-state index is -0.399. The van der Waals surface area contributed by atoms with E-state index >= 15 is 0 Å². The second-order valence-electron chi connectivity index (χ2n) is 3.42. The lowest BCUT2D eigenvalue weighted by Gasteiger charge is -2.11. The molecule has 0 radical (unpaired) electrons. The van der Waals surface area contributed by atoms with Crippen LogP contribution in [-0.2, 0) is 0 Å². The number of aliphatic hydroxyl groups excluding tert-OH is 1. The second-order valence-corrected chi connectivity index (χ2v) is 3.42. The molecule has 2 N–H and O–H groups in total. The molecule has 0 saturated heterocycles. The van der Waals surface area contributed by atoms with E-state index in [0.717, 1.165) is 5.56 Å². The Bertz CT molecular complexity index is 283. The van der Waals surface area contributed by atoms with Crippen LogP contribution in [0.3, 0.4) is 0 Å². The Morgan fingerprint density at radius 2 is 2.00 bits per heavy atom. The first-order chi connectivity index (χ1) is 6.15. The molecule has 1 aromatic rings. The third kappa shape index (κ3) is 2.54. The number of rotatable bonds is 3. The molecule has 2 nitrogen and oxygen atoms in total. The van der Waals surface area contributed by atoms with Gasteiger partial charge in [-0.2, -0.15) is 0 Å². The molecule has 0 spiro atoms. The van der Waals surface area contributed by atoms with Crippen molar-refractivity contribution in [2.45, 2.75) is 20.0 Å². The van der Waals surface area contributed by atoms with Gasteiger partial charge in [0.15, 0.2) is 0 Å². The fraction of sp³-hybridized carbons (Fsp3) is 0.455. The van der Waals surface area contributed by atoms with Gasteiger partial charge in [-0.1, -0.05) is 18.2 Å². The average Bonchev–Trinajstić information content (AvgIpc) is 2.10. The number of aryl methyl sites for hydroxylation is 2. The summed E-state index contributed by atoms with van der Waals surface area (Å²) in [5, 5.41) is 12.6. The standard InChI is InChI=1S/C11H17NO/c1-8-4-5-10(6-9(8)2)11(13)7-12-3/h4-6,11-13H,7H2,1-3H3/t11-/m0/s1. The maximum absolute atomic E-state index is 9.67. The number of hydrogen-bond acceptors (Lipinski definition) is 2. The van der Waals surface area contributed by atoms with Crippen molar-refractivity contribution in [1.29, 1.82) is 0 Å². The zero-order valence-corrected chi connectivity index (χ0v) is 8.46. The summed E-state index contributed by atoms with van der Waals surface area (Å²) >= 11 is 0. The molecule has 0 aliphatic rings. The Labute approximate surface area is 79.6 Å². The van der Waals surface area contributed by atoms with Gasteiger partial charge < -0.3 is 10.4 Å². The average molecular weight is 179 g/mol. The summed E-state index contributed by atoms with van der Waals surface area (Å²) in [6, 6.07) is 6.06. The molecule has 0 aliphatic carbocycles. The van der Waals surface area contributed by atoms with Crippen LogP contribution in [0.25, 0.3) is 0 Å². The highest BCUT2D eigenvalue weighted by atomic mass is 16.3. The summed E-state index contributed by atoms with van der Waals surface area (Å²) < 4.78 is 0. The van der Waals surface area contributed by atoms with Crippen LogP contribution in [0.4, 0.5) is 0 Å². The monoisotopic (exact) mass is 179 g/mol. The summed E-state index contributed by atoms with van der Waals surface area (Å²) in [7, 11) is 1.84. The highest BCUT2D eigenvalue weighted by Crippen LogP contribution is 2.16. The molecule has 0 amide bonds. The van der Waals surface area contributed by atoms with Crippen LogP contribution in [-0.4, -0.2) is 18.7 Å². The Hall–Kier alpha value is -0.860. The molecule has 13 heavy (non-hydrogen) atoms. The van der Waals surface area contributed by atoms with Gasteiger partial charge in [0.2, 0.25) is 0 Å². The number of benzene rings is 1. The number of nitrogens with one attached hydrogen (secondary N) is 1. The molecule has 0 unspecified atom stereocenters. The van der Waals surface area contributed by atoms with Gasteiger partial charge in [0.25, 0.3) is 0 Å². The van der Waals surface area contributed by atoms with Gasteiger partial charge in [-0.3, -0.25) is 0 Å². The quantitative estimate of drug-likeness (QED) is 0.738. The normalized spacial score (nSPS) is 12.9. The van der Waals surface area contributed by atoms with Gasteiger partial charge in [-0.25, -0.2) is 0 Å². The van der Waals surface area contributed by atoms with Gasteiger partial charge in [0, 0.05) is 6.54 Å².